The number of benzene rings is 3. The maximum Gasteiger partial charge on any atom is 0.264 e. The van der Waals surface area contributed by atoms with E-state index < -0.39 is 34.3 Å². The first-order valence-electron chi connectivity index (χ1n) is 13.8. The number of anilines is 1. The third-order valence-electron chi connectivity index (χ3n) is 7.34. The molecule has 1 aliphatic carbocycles. The first-order valence-corrected chi connectivity index (χ1v) is 15.6. The van der Waals surface area contributed by atoms with Gasteiger partial charge in [-0.15, -0.1) is 0 Å². The van der Waals surface area contributed by atoms with Gasteiger partial charge in [-0.1, -0.05) is 67.3 Å². The Morgan fingerprint density at radius 3 is 2.29 bits per heavy atom. The van der Waals surface area contributed by atoms with Crippen molar-refractivity contribution in [1.29, 1.82) is 0 Å². The van der Waals surface area contributed by atoms with Crippen molar-refractivity contribution < 1.29 is 22.4 Å². The zero-order valence-electron chi connectivity index (χ0n) is 23.2. The predicted octanol–water partition coefficient (Wildman–Crippen LogP) is 5.85. The molecule has 218 valence electrons. The van der Waals surface area contributed by atoms with Gasteiger partial charge in [-0.2, -0.15) is 0 Å². The number of hydrogen-bond acceptors (Lipinski definition) is 4. The van der Waals surface area contributed by atoms with E-state index in [1.807, 2.05) is 13.8 Å². The summed E-state index contributed by atoms with van der Waals surface area (Å²) in [6, 6.07) is 17.5. The number of carbonyl (C=O) groups is 2. The molecule has 0 aliphatic heterocycles. The highest BCUT2D eigenvalue weighted by Gasteiger charge is 2.34. The van der Waals surface area contributed by atoms with Crippen molar-refractivity contribution >= 4 is 39.1 Å². The maximum atomic E-state index is 14.1. The van der Waals surface area contributed by atoms with Gasteiger partial charge in [0.25, 0.3) is 10.0 Å². The minimum Gasteiger partial charge on any atom is -0.352 e. The van der Waals surface area contributed by atoms with Crippen molar-refractivity contribution in [1.82, 2.24) is 10.2 Å². The van der Waals surface area contributed by atoms with Crippen LogP contribution in [0.1, 0.15) is 50.2 Å². The molecule has 1 unspecified atom stereocenters. The predicted molar refractivity (Wildman–Crippen MR) is 159 cm³/mol. The van der Waals surface area contributed by atoms with Crippen molar-refractivity contribution in [2.45, 2.75) is 69.5 Å². The van der Waals surface area contributed by atoms with E-state index in [1.54, 1.807) is 42.5 Å². The lowest BCUT2D eigenvalue weighted by molar-refractivity contribution is -0.140. The fourth-order valence-corrected chi connectivity index (χ4v) is 6.66. The number of sulfonamides is 1. The number of nitrogens with zero attached hydrogens (tertiary/aromatic N) is 2. The average molecular weight is 600 g/mol. The van der Waals surface area contributed by atoms with Crippen molar-refractivity contribution in [3.8, 4) is 0 Å². The molecule has 3 aromatic carbocycles. The van der Waals surface area contributed by atoms with Crippen molar-refractivity contribution in [2.24, 2.45) is 0 Å². The van der Waals surface area contributed by atoms with Crippen LogP contribution in [0.2, 0.25) is 5.02 Å². The first-order chi connectivity index (χ1) is 19.6. The van der Waals surface area contributed by atoms with Crippen LogP contribution in [0.5, 0.6) is 0 Å². The van der Waals surface area contributed by atoms with Gasteiger partial charge in [0.05, 0.1) is 10.6 Å². The molecule has 1 N–H and O–H groups in total. The molecule has 4 rings (SSSR count). The van der Waals surface area contributed by atoms with Gasteiger partial charge in [-0.05, 0) is 74.2 Å². The zero-order valence-corrected chi connectivity index (χ0v) is 24.8. The Hall–Kier alpha value is -3.43. The first kappa shape index (κ1) is 30.5. The number of amides is 2. The van der Waals surface area contributed by atoms with Crippen LogP contribution in [0.15, 0.2) is 77.7 Å². The molecule has 41 heavy (non-hydrogen) atoms. The van der Waals surface area contributed by atoms with Crippen LogP contribution in [0.25, 0.3) is 0 Å². The molecule has 10 heteroatoms. The Balaban J connectivity index is 1.71. The van der Waals surface area contributed by atoms with Crippen LogP contribution < -0.4 is 9.62 Å². The summed E-state index contributed by atoms with van der Waals surface area (Å²) in [7, 11) is -4.19. The van der Waals surface area contributed by atoms with E-state index in [1.165, 1.54) is 35.2 Å². The van der Waals surface area contributed by atoms with Crippen LogP contribution in [-0.4, -0.2) is 43.8 Å². The van der Waals surface area contributed by atoms with Gasteiger partial charge >= 0.3 is 0 Å². The Kier molecular flexibility index (Phi) is 10.0. The summed E-state index contributed by atoms with van der Waals surface area (Å²) in [5.41, 5.74) is 1.72. The highest BCUT2D eigenvalue weighted by Crippen LogP contribution is 2.27. The van der Waals surface area contributed by atoms with Crippen molar-refractivity contribution in [3.05, 3.63) is 94.8 Å². The summed E-state index contributed by atoms with van der Waals surface area (Å²) in [5.74, 6) is -1.28. The number of rotatable bonds is 11. The van der Waals surface area contributed by atoms with Gasteiger partial charge in [0, 0.05) is 17.6 Å². The van der Waals surface area contributed by atoms with Crippen LogP contribution in [-0.2, 0) is 26.2 Å². The second kappa shape index (κ2) is 13.5. The Morgan fingerprint density at radius 2 is 1.68 bits per heavy atom. The smallest absolute Gasteiger partial charge is 0.264 e. The minimum atomic E-state index is -4.19. The number of aryl methyl sites for hydroxylation is 1. The van der Waals surface area contributed by atoms with Crippen molar-refractivity contribution in [2.75, 3.05) is 10.8 Å². The topological polar surface area (TPSA) is 86.8 Å². The van der Waals surface area contributed by atoms with Gasteiger partial charge in [0.1, 0.15) is 18.4 Å². The van der Waals surface area contributed by atoms with E-state index in [9.17, 15) is 22.4 Å². The van der Waals surface area contributed by atoms with E-state index in [0.29, 0.717) is 17.0 Å². The molecule has 0 heterocycles. The highest BCUT2D eigenvalue weighted by molar-refractivity contribution is 7.92. The summed E-state index contributed by atoms with van der Waals surface area (Å²) in [4.78, 5) is 29.0. The minimum absolute atomic E-state index is 0.00364. The SMILES string of the molecule is CCC(C(=O)NC1CCCC1)N(Cc1ccc(F)cc1)C(=O)CN(c1cccc(Cl)c1)S(=O)(=O)c1ccc(C)cc1. The summed E-state index contributed by atoms with van der Waals surface area (Å²) < 4.78 is 42.5. The molecule has 2 amide bonds. The summed E-state index contributed by atoms with van der Waals surface area (Å²) in [6.07, 6.45) is 4.14. The molecule has 0 aromatic heterocycles. The van der Waals surface area contributed by atoms with E-state index in [-0.39, 0.29) is 29.1 Å². The third kappa shape index (κ3) is 7.65. The van der Waals surface area contributed by atoms with Gasteiger partial charge < -0.3 is 10.2 Å². The van der Waals surface area contributed by atoms with Gasteiger partial charge in [0.2, 0.25) is 11.8 Å². The molecule has 0 radical (unpaired) electrons. The standard InChI is InChI=1S/C31H35ClFN3O4S/c1-3-29(31(38)34-26-8-4-5-9-26)35(20-23-13-15-25(33)16-14-23)30(37)21-36(27-10-6-7-24(32)19-27)41(39,40)28-17-11-22(2)12-18-28/h6-7,10-19,26,29H,3-5,8-9,20-21H2,1-2H3,(H,34,38). The molecule has 0 bridgehead atoms. The maximum absolute atomic E-state index is 14.1. The van der Waals surface area contributed by atoms with E-state index in [4.69, 9.17) is 11.6 Å². The molecule has 7 nitrogen and oxygen atoms in total. The van der Waals surface area contributed by atoms with E-state index >= 15 is 0 Å². The van der Waals surface area contributed by atoms with Gasteiger partial charge in [-0.25, -0.2) is 12.8 Å². The molecule has 1 atom stereocenters. The molecule has 1 aliphatic rings. The molecule has 0 saturated heterocycles. The zero-order chi connectivity index (χ0) is 29.6. The summed E-state index contributed by atoms with van der Waals surface area (Å²) in [6.45, 7) is 3.10. The lowest BCUT2D eigenvalue weighted by atomic mass is 10.1. The third-order valence-corrected chi connectivity index (χ3v) is 9.36. The van der Waals surface area contributed by atoms with Crippen LogP contribution in [0.4, 0.5) is 10.1 Å². The average Bonchev–Trinajstić information content (AvgIpc) is 3.45. The molecule has 3 aromatic rings. The fraction of sp³-hybridized carbons (Fsp3) is 0.355. The second-order valence-corrected chi connectivity index (χ2v) is 12.7. The molecular weight excluding hydrogens is 565 g/mol. The monoisotopic (exact) mass is 599 g/mol. The Morgan fingerprint density at radius 1 is 1.02 bits per heavy atom. The Bertz CT molecular complexity index is 1460. The summed E-state index contributed by atoms with van der Waals surface area (Å²) in [5, 5.41) is 3.38. The quantitative estimate of drug-likeness (QED) is 0.300. The molecular formula is C31H35ClFN3O4S. The lowest BCUT2D eigenvalue weighted by Gasteiger charge is -2.33. The molecule has 0 spiro atoms. The Labute approximate surface area is 246 Å². The fourth-order valence-electron chi connectivity index (χ4n) is 5.07. The van der Waals surface area contributed by atoms with Crippen LogP contribution >= 0.6 is 11.6 Å². The number of carbonyl (C=O) groups excluding carboxylic acids is 2. The molecule has 1 fully saturated rings. The normalized spacial score (nSPS) is 14.4. The highest BCUT2D eigenvalue weighted by atomic mass is 35.5. The number of nitrogens with one attached hydrogen (secondary N) is 1. The van der Waals surface area contributed by atoms with E-state index in [2.05, 4.69) is 5.32 Å². The largest absolute Gasteiger partial charge is 0.352 e. The van der Waals surface area contributed by atoms with Crippen molar-refractivity contribution in [3.63, 3.8) is 0 Å². The number of hydrogen-bond donors (Lipinski definition) is 1. The van der Waals surface area contributed by atoms with E-state index in [0.717, 1.165) is 35.6 Å². The van der Waals surface area contributed by atoms with Gasteiger partial charge in [-0.3, -0.25) is 13.9 Å². The molecule has 1 saturated carbocycles. The number of halogens is 2. The second-order valence-electron chi connectivity index (χ2n) is 10.4. The van der Waals surface area contributed by atoms with Crippen LogP contribution in [0.3, 0.4) is 0 Å². The van der Waals surface area contributed by atoms with Crippen LogP contribution in [0, 0.1) is 12.7 Å². The van der Waals surface area contributed by atoms with Gasteiger partial charge in [0.15, 0.2) is 0 Å². The lowest BCUT2D eigenvalue weighted by Crippen LogP contribution is -2.53. The summed E-state index contributed by atoms with van der Waals surface area (Å²) >= 11 is 6.22.